The number of carbonyl (C=O) groups excluding carboxylic acids is 5. The van der Waals surface area contributed by atoms with Crippen molar-refractivity contribution < 1.29 is 28.7 Å². The first-order valence-electron chi connectivity index (χ1n) is 15.6. The summed E-state index contributed by atoms with van der Waals surface area (Å²) in [5.74, 6) is -0.655. The minimum atomic E-state index is -0.868. The number of pyridine rings is 1. The normalized spacial score (nSPS) is 21.3. The fraction of sp³-hybridized carbons (Fsp3) is 0.515. The lowest BCUT2D eigenvalue weighted by Gasteiger charge is -2.34. The van der Waals surface area contributed by atoms with Crippen molar-refractivity contribution in [3.05, 3.63) is 59.9 Å². The minimum Gasteiger partial charge on any atom is -0.497 e. The molecule has 0 bridgehead atoms. The molecule has 0 aliphatic carbocycles. The van der Waals surface area contributed by atoms with Crippen molar-refractivity contribution in [2.45, 2.75) is 57.5 Å². The summed E-state index contributed by atoms with van der Waals surface area (Å²) >= 11 is 0. The molecule has 45 heavy (non-hydrogen) atoms. The number of piperidine rings is 1. The minimum absolute atomic E-state index is 0.00310. The van der Waals surface area contributed by atoms with Gasteiger partial charge in [0.05, 0.1) is 7.11 Å². The summed E-state index contributed by atoms with van der Waals surface area (Å²) in [6.07, 6.45) is 4.03. The average molecular weight is 621 g/mol. The molecule has 242 valence electrons. The molecule has 4 rings (SSSR count). The molecule has 2 aliphatic heterocycles. The van der Waals surface area contributed by atoms with Crippen LogP contribution in [0.5, 0.6) is 5.75 Å². The maximum atomic E-state index is 13.6. The number of ether oxygens (including phenoxy) is 1. The summed E-state index contributed by atoms with van der Waals surface area (Å²) < 4.78 is 5.22. The van der Waals surface area contributed by atoms with E-state index in [0.717, 1.165) is 5.56 Å². The molecule has 2 fully saturated rings. The summed E-state index contributed by atoms with van der Waals surface area (Å²) in [6, 6.07) is 10.9. The maximum absolute atomic E-state index is 13.6. The van der Waals surface area contributed by atoms with Gasteiger partial charge in [-0.25, -0.2) is 0 Å². The van der Waals surface area contributed by atoms with Gasteiger partial charge in [0.1, 0.15) is 23.5 Å². The Morgan fingerprint density at radius 3 is 2.33 bits per heavy atom. The number of amides is 5. The number of aromatic nitrogens is 1. The molecule has 0 saturated carbocycles. The zero-order chi connectivity index (χ0) is 32.3. The Morgan fingerprint density at radius 1 is 0.956 bits per heavy atom. The van der Waals surface area contributed by atoms with Crippen molar-refractivity contribution in [3.8, 4) is 5.75 Å². The van der Waals surface area contributed by atoms with Crippen LogP contribution in [0.1, 0.15) is 55.1 Å². The van der Waals surface area contributed by atoms with E-state index in [1.165, 1.54) is 4.90 Å². The molecule has 5 amide bonds. The molecule has 1 aromatic carbocycles. The Balaban J connectivity index is 1.41. The Hall–Kier alpha value is -4.48. The third-order valence-electron chi connectivity index (χ3n) is 8.60. The van der Waals surface area contributed by atoms with Gasteiger partial charge in [0.2, 0.25) is 23.6 Å². The summed E-state index contributed by atoms with van der Waals surface area (Å²) in [4.78, 5) is 75.0. The molecule has 2 aliphatic rings. The number of likely N-dealkylation sites (N-methyl/N-ethyl adjacent to an activating group) is 1. The van der Waals surface area contributed by atoms with E-state index in [0.29, 0.717) is 69.9 Å². The number of nitrogens with zero attached hydrogens (tertiary/aromatic N) is 4. The third-order valence-corrected chi connectivity index (χ3v) is 8.60. The van der Waals surface area contributed by atoms with Gasteiger partial charge in [0, 0.05) is 64.7 Å². The van der Waals surface area contributed by atoms with Crippen LogP contribution >= 0.6 is 0 Å². The van der Waals surface area contributed by atoms with E-state index in [1.54, 1.807) is 67.4 Å². The lowest BCUT2D eigenvalue weighted by Crippen LogP contribution is -2.54. The summed E-state index contributed by atoms with van der Waals surface area (Å²) in [5.41, 5.74) is 1.23. The van der Waals surface area contributed by atoms with Crippen molar-refractivity contribution in [1.29, 1.82) is 0 Å². The number of carbonyl (C=O) groups is 5. The molecule has 12 heteroatoms. The first kappa shape index (κ1) is 33.4. The molecule has 2 aromatic rings. The molecule has 2 N–H and O–H groups in total. The summed E-state index contributed by atoms with van der Waals surface area (Å²) in [5, 5.41) is 5.77. The van der Waals surface area contributed by atoms with Crippen LogP contribution in [-0.2, 0) is 25.6 Å². The van der Waals surface area contributed by atoms with E-state index in [1.807, 2.05) is 12.1 Å². The highest BCUT2D eigenvalue weighted by molar-refractivity contribution is 5.93. The standard InChI is InChI=1S/C33H44N6O6/c1-23-30(41)35-17-7-19-38(31(42)25-14-20-39(21-15-25)33(44)27-8-4-5-16-34-27)18-6-9-29(40)36-28(32(43)37(23)2)22-24-10-12-26(45-3)13-11-24/h4-5,8,10-13,16,23,25,28H,6-7,9,14-15,17-22H2,1-3H3,(H,35,41)(H,36,40)/t23-,28-/m0/s1. The van der Waals surface area contributed by atoms with Crippen LogP contribution in [0.3, 0.4) is 0 Å². The van der Waals surface area contributed by atoms with E-state index in [4.69, 9.17) is 4.74 Å². The Bertz CT molecular complexity index is 1330. The second-order valence-corrected chi connectivity index (χ2v) is 11.7. The van der Waals surface area contributed by atoms with Gasteiger partial charge < -0.3 is 30.1 Å². The topological polar surface area (TPSA) is 141 Å². The fourth-order valence-electron chi connectivity index (χ4n) is 5.71. The van der Waals surface area contributed by atoms with Crippen LogP contribution in [0.15, 0.2) is 48.7 Å². The maximum Gasteiger partial charge on any atom is 0.272 e. The smallest absolute Gasteiger partial charge is 0.272 e. The second kappa shape index (κ2) is 16.0. The van der Waals surface area contributed by atoms with Crippen molar-refractivity contribution >= 4 is 29.5 Å². The molecule has 3 heterocycles. The molecule has 0 spiro atoms. The van der Waals surface area contributed by atoms with E-state index in [-0.39, 0.29) is 48.3 Å². The molecule has 2 atom stereocenters. The lowest BCUT2D eigenvalue weighted by molar-refractivity contribution is -0.141. The predicted octanol–water partition coefficient (Wildman–Crippen LogP) is 1.65. The first-order valence-corrected chi connectivity index (χ1v) is 15.6. The zero-order valence-corrected chi connectivity index (χ0v) is 26.4. The van der Waals surface area contributed by atoms with Gasteiger partial charge >= 0.3 is 0 Å². The highest BCUT2D eigenvalue weighted by atomic mass is 16.5. The number of benzene rings is 1. The van der Waals surface area contributed by atoms with Gasteiger partial charge in [0.15, 0.2) is 0 Å². The molecular weight excluding hydrogens is 576 g/mol. The van der Waals surface area contributed by atoms with E-state index in [9.17, 15) is 24.0 Å². The number of rotatable bonds is 5. The van der Waals surface area contributed by atoms with Gasteiger partial charge in [-0.1, -0.05) is 18.2 Å². The van der Waals surface area contributed by atoms with E-state index in [2.05, 4.69) is 15.6 Å². The van der Waals surface area contributed by atoms with Gasteiger partial charge in [-0.05, 0) is 62.4 Å². The van der Waals surface area contributed by atoms with Crippen LogP contribution in [0.2, 0.25) is 0 Å². The summed E-state index contributed by atoms with van der Waals surface area (Å²) in [6.45, 7) is 3.73. The van der Waals surface area contributed by atoms with E-state index >= 15 is 0 Å². The van der Waals surface area contributed by atoms with Crippen LogP contribution in [0.4, 0.5) is 0 Å². The highest BCUT2D eigenvalue weighted by Crippen LogP contribution is 2.22. The largest absolute Gasteiger partial charge is 0.497 e. The average Bonchev–Trinajstić information content (AvgIpc) is 3.07. The predicted molar refractivity (Wildman–Crippen MR) is 167 cm³/mol. The Morgan fingerprint density at radius 2 is 1.67 bits per heavy atom. The summed E-state index contributed by atoms with van der Waals surface area (Å²) in [7, 11) is 3.14. The highest BCUT2D eigenvalue weighted by Gasteiger charge is 2.32. The quantitative estimate of drug-likeness (QED) is 0.518. The van der Waals surface area contributed by atoms with Crippen LogP contribution in [0, 0.1) is 5.92 Å². The zero-order valence-electron chi connectivity index (χ0n) is 26.4. The number of nitrogens with one attached hydrogen (secondary N) is 2. The van der Waals surface area contributed by atoms with Gasteiger partial charge in [-0.3, -0.25) is 29.0 Å². The Labute approximate surface area is 264 Å². The second-order valence-electron chi connectivity index (χ2n) is 11.7. The van der Waals surface area contributed by atoms with Crippen LogP contribution < -0.4 is 15.4 Å². The van der Waals surface area contributed by atoms with Crippen molar-refractivity contribution in [2.75, 3.05) is 46.9 Å². The Kier molecular flexibility index (Phi) is 11.9. The van der Waals surface area contributed by atoms with Crippen LogP contribution in [-0.4, -0.2) is 108 Å². The lowest BCUT2D eigenvalue weighted by atomic mass is 9.94. The third kappa shape index (κ3) is 9.02. The SMILES string of the molecule is COc1ccc(C[C@@H]2NC(=O)CCCN(C(=O)C3CCN(C(=O)c4ccccn4)CC3)CCCNC(=O)[C@H](C)N(C)C2=O)cc1. The molecular formula is C33H44N6O6. The number of hydrogen-bond donors (Lipinski definition) is 2. The van der Waals surface area contributed by atoms with Crippen molar-refractivity contribution in [2.24, 2.45) is 5.92 Å². The fourth-order valence-corrected chi connectivity index (χ4v) is 5.71. The first-order chi connectivity index (χ1) is 21.7. The molecule has 1 aromatic heterocycles. The van der Waals surface area contributed by atoms with Gasteiger partial charge in [-0.15, -0.1) is 0 Å². The van der Waals surface area contributed by atoms with Crippen molar-refractivity contribution in [1.82, 2.24) is 30.3 Å². The molecule has 12 nitrogen and oxygen atoms in total. The van der Waals surface area contributed by atoms with Gasteiger partial charge in [0.25, 0.3) is 5.91 Å². The van der Waals surface area contributed by atoms with Gasteiger partial charge in [-0.2, -0.15) is 0 Å². The molecule has 0 radical (unpaired) electrons. The van der Waals surface area contributed by atoms with Crippen molar-refractivity contribution in [3.63, 3.8) is 0 Å². The monoisotopic (exact) mass is 620 g/mol. The number of likely N-dealkylation sites (tertiary alicyclic amines) is 1. The van der Waals surface area contributed by atoms with E-state index < -0.39 is 12.1 Å². The number of hydrogen-bond acceptors (Lipinski definition) is 7. The molecule has 0 unspecified atom stereocenters. The molecule has 2 saturated heterocycles. The number of methoxy groups -OCH3 is 1. The van der Waals surface area contributed by atoms with Crippen LogP contribution in [0.25, 0.3) is 0 Å².